The molecular weight excluding hydrogens is 244 g/mol. The molecule has 1 nitrogen and oxygen atoms in total. The third-order valence-electron chi connectivity index (χ3n) is 4.21. The Bertz CT molecular complexity index is 188. The summed E-state index contributed by atoms with van der Waals surface area (Å²) < 4.78 is 0. The molecule has 20 heavy (non-hydrogen) atoms. The SMILES string of the molecule is CCCCCCCCCCCCCCC([C]=O)CCC. The van der Waals surface area contributed by atoms with Crippen molar-refractivity contribution in [1.29, 1.82) is 0 Å². The molecule has 0 aromatic rings. The Balaban J connectivity index is 3.11. The molecule has 0 aromatic carbocycles. The molecule has 1 heteroatoms. The Morgan fingerprint density at radius 3 is 1.45 bits per heavy atom. The molecule has 0 saturated heterocycles. The topological polar surface area (TPSA) is 17.1 Å². The maximum Gasteiger partial charge on any atom is 0.201 e. The van der Waals surface area contributed by atoms with Crippen molar-refractivity contribution in [1.82, 2.24) is 0 Å². The molecule has 119 valence electrons. The predicted octanol–water partition coefficient (Wildman–Crippen LogP) is 6.60. The third kappa shape index (κ3) is 14.1. The first kappa shape index (κ1) is 19.7. The van der Waals surface area contributed by atoms with Gasteiger partial charge < -0.3 is 0 Å². The lowest BCUT2D eigenvalue weighted by atomic mass is 9.97. The molecule has 0 rings (SSSR count). The minimum atomic E-state index is 0.211. The van der Waals surface area contributed by atoms with Gasteiger partial charge in [-0.05, 0) is 12.8 Å². The molecule has 0 N–H and O–H groups in total. The number of rotatable bonds is 16. The largest absolute Gasteiger partial charge is 0.291 e. The number of hydrogen-bond acceptors (Lipinski definition) is 1. The molecule has 0 aromatic heterocycles. The van der Waals surface area contributed by atoms with E-state index in [0.717, 1.165) is 19.3 Å². The van der Waals surface area contributed by atoms with E-state index < -0.39 is 0 Å². The first-order chi connectivity index (χ1) is 9.85. The van der Waals surface area contributed by atoms with Gasteiger partial charge in [0.15, 0.2) is 0 Å². The van der Waals surface area contributed by atoms with E-state index in [0.29, 0.717) is 0 Å². The Hall–Kier alpha value is -0.330. The van der Waals surface area contributed by atoms with Crippen LogP contribution in [0.15, 0.2) is 0 Å². The van der Waals surface area contributed by atoms with Crippen molar-refractivity contribution in [2.75, 3.05) is 0 Å². The summed E-state index contributed by atoms with van der Waals surface area (Å²) in [6.07, 6.45) is 22.0. The van der Waals surface area contributed by atoms with E-state index in [1.54, 1.807) is 0 Å². The van der Waals surface area contributed by atoms with Crippen LogP contribution >= 0.6 is 0 Å². The highest BCUT2D eigenvalue weighted by Gasteiger charge is 2.06. The van der Waals surface area contributed by atoms with Gasteiger partial charge in [0.1, 0.15) is 0 Å². The molecule has 0 aliphatic carbocycles. The number of carbonyl (C=O) groups excluding carboxylic acids is 1. The van der Waals surface area contributed by atoms with Crippen LogP contribution in [-0.2, 0) is 4.79 Å². The lowest BCUT2D eigenvalue weighted by molar-refractivity contribution is 0.464. The average molecular weight is 282 g/mol. The van der Waals surface area contributed by atoms with Crippen LogP contribution in [0.4, 0.5) is 0 Å². The molecule has 0 bridgehead atoms. The monoisotopic (exact) mass is 281 g/mol. The third-order valence-corrected chi connectivity index (χ3v) is 4.21. The van der Waals surface area contributed by atoms with E-state index in [1.807, 2.05) is 0 Å². The van der Waals surface area contributed by atoms with Crippen LogP contribution in [0, 0.1) is 5.92 Å². The van der Waals surface area contributed by atoms with E-state index in [-0.39, 0.29) is 5.92 Å². The van der Waals surface area contributed by atoms with Gasteiger partial charge in [-0.25, -0.2) is 0 Å². The van der Waals surface area contributed by atoms with Crippen LogP contribution < -0.4 is 0 Å². The van der Waals surface area contributed by atoms with E-state index in [2.05, 4.69) is 20.1 Å². The highest BCUT2D eigenvalue weighted by molar-refractivity contribution is 5.54. The van der Waals surface area contributed by atoms with Gasteiger partial charge in [0, 0.05) is 5.92 Å². The Kier molecular flexibility index (Phi) is 16.4. The number of hydrogen-bond donors (Lipinski definition) is 0. The van der Waals surface area contributed by atoms with Gasteiger partial charge in [-0.15, -0.1) is 0 Å². The minimum absolute atomic E-state index is 0.211. The quantitative estimate of drug-likeness (QED) is 0.291. The summed E-state index contributed by atoms with van der Waals surface area (Å²) in [4.78, 5) is 10.7. The summed E-state index contributed by atoms with van der Waals surface area (Å²) in [6, 6.07) is 0. The van der Waals surface area contributed by atoms with Crippen LogP contribution in [0.1, 0.15) is 110 Å². The number of unbranched alkanes of at least 4 members (excludes halogenated alkanes) is 11. The molecular formula is C19H37O. The minimum Gasteiger partial charge on any atom is -0.291 e. The Morgan fingerprint density at radius 1 is 0.600 bits per heavy atom. The van der Waals surface area contributed by atoms with Gasteiger partial charge in [0.25, 0.3) is 0 Å². The zero-order chi connectivity index (χ0) is 14.9. The van der Waals surface area contributed by atoms with Gasteiger partial charge >= 0.3 is 0 Å². The Labute approximate surface area is 127 Å². The van der Waals surface area contributed by atoms with E-state index in [1.165, 1.54) is 77.0 Å². The second kappa shape index (κ2) is 16.7. The summed E-state index contributed by atoms with van der Waals surface area (Å²) in [5.74, 6) is 0.211. The van der Waals surface area contributed by atoms with Gasteiger partial charge in [-0.2, -0.15) is 0 Å². The second-order valence-corrected chi connectivity index (χ2v) is 6.28. The van der Waals surface area contributed by atoms with Gasteiger partial charge in [-0.1, -0.05) is 97.3 Å². The van der Waals surface area contributed by atoms with Crippen molar-refractivity contribution in [2.24, 2.45) is 5.92 Å². The van der Waals surface area contributed by atoms with Crippen molar-refractivity contribution in [2.45, 2.75) is 110 Å². The van der Waals surface area contributed by atoms with Crippen LogP contribution in [0.3, 0.4) is 0 Å². The lowest BCUT2D eigenvalue weighted by Gasteiger charge is -2.07. The van der Waals surface area contributed by atoms with Crippen LogP contribution in [0.25, 0.3) is 0 Å². The molecule has 1 radical (unpaired) electrons. The van der Waals surface area contributed by atoms with Crippen molar-refractivity contribution < 1.29 is 4.79 Å². The average Bonchev–Trinajstić information content (AvgIpc) is 2.47. The van der Waals surface area contributed by atoms with E-state index in [9.17, 15) is 4.79 Å². The Morgan fingerprint density at radius 2 is 1.05 bits per heavy atom. The summed E-state index contributed by atoms with van der Waals surface area (Å²) >= 11 is 0. The van der Waals surface area contributed by atoms with Crippen molar-refractivity contribution in [3.8, 4) is 0 Å². The second-order valence-electron chi connectivity index (χ2n) is 6.28. The molecule has 0 heterocycles. The molecule has 0 fully saturated rings. The molecule has 1 unspecified atom stereocenters. The molecule has 0 saturated carbocycles. The normalized spacial score (nSPS) is 12.5. The molecule has 0 aliphatic rings. The smallest absolute Gasteiger partial charge is 0.201 e. The van der Waals surface area contributed by atoms with Gasteiger partial charge in [0.05, 0.1) is 0 Å². The molecule has 0 amide bonds. The fourth-order valence-electron chi connectivity index (χ4n) is 2.84. The van der Waals surface area contributed by atoms with Crippen molar-refractivity contribution >= 4 is 6.29 Å². The standard InChI is InChI=1S/C19H37O/c1-3-5-6-7-8-9-10-11-12-13-14-15-17-19(18-20)16-4-2/h19H,3-17H2,1-2H3. The molecule has 1 atom stereocenters. The van der Waals surface area contributed by atoms with E-state index in [4.69, 9.17) is 0 Å². The van der Waals surface area contributed by atoms with Crippen LogP contribution in [-0.4, -0.2) is 6.29 Å². The zero-order valence-electron chi connectivity index (χ0n) is 14.1. The highest BCUT2D eigenvalue weighted by atomic mass is 16.1. The first-order valence-corrected chi connectivity index (χ1v) is 9.22. The van der Waals surface area contributed by atoms with Gasteiger partial charge in [-0.3, -0.25) is 4.79 Å². The summed E-state index contributed by atoms with van der Waals surface area (Å²) in [5.41, 5.74) is 0. The maximum absolute atomic E-state index is 10.7. The molecule has 0 aliphatic heterocycles. The predicted molar refractivity (Wildman–Crippen MR) is 89.8 cm³/mol. The first-order valence-electron chi connectivity index (χ1n) is 9.22. The lowest BCUT2D eigenvalue weighted by Crippen LogP contribution is -2.01. The molecule has 0 spiro atoms. The van der Waals surface area contributed by atoms with Crippen LogP contribution in [0.5, 0.6) is 0 Å². The summed E-state index contributed by atoms with van der Waals surface area (Å²) in [5, 5.41) is 0. The summed E-state index contributed by atoms with van der Waals surface area (Å²) in [6.45, 7) is 4.42. The zero-order valence-corrected chi connectivity index (χ0v) is 14.1. The van der Waals surface area contributed by atoms with Gasteiger partial charge in [0.2, 0.25) is 6.29 Å². The van der Waals surface area contributed by atoms with E-state index >= 15 is 0 Å². The fraction of sp³-hybridized carbons (Fsp3) is 0.947. The maximum atomic E-state index is 10.7. The summed E-state index contributed by atoms with van der Waals surface area (Å²) in [7, 11) is 0. The highest BCUT2D eigenvalue weighted by Crippen LogP contribution is 2.16. The van der Waals surface area contributed by atoms with Crippen molar-refractivity contribution in [3.05, 3.63) is 0 Å². The fourth-order valence-corrected chi connectivity index (χ4v) is 2.84. The van der Waals surface area contributed by atoms with Crippen molar-refractivity contribution in [3.63, 3.8) is 0 Å². The van der Waals surface area contributed by atoms with Crippen LogP contribution in [0.2, 0.25) is 0 Å².